The van der Waals surface area contributed by atoms with Gasteiger partial charge in [-0.05, 0) is 105 Å². The van der Waals surface area contributed by atoms with Crippen molar-refractivity contribution in [2.75, 3.05) is 0 Å². The molecule has 4 saturated carbocycles. The normalized spacial score (nSPS) is 30.3. The average Bonchev–Trinajstić information content (AvgIpc) is 2.75. The Morgan fingerprint density at radius 3 is 1.52 bits per heavy atom. The van der Waals surface area contributed by atoms with Gasteiger partial charge in [0.2, 0.25) is 0 Å². The highest BCUT2D eigenvalue weighted by Crippen LogP contribution is 2.65. The largest absolute Gasteiger partial charge is 0.481 e. The van der Waals surface area contributed by atoms with Crippen LogP contribution in [0.25, 0.3) is 0 Å². The molecule has 0 radical (unpaired) electrons. The molecule has 6 heteroatoms. The van der Waals surface area contributed by atoms with Crippen LogP contribution in [-0.2, 0) is 22.4 Å². The van der Waals surface area contributed by atoms with Crippen molar-refractivity contribution in [3.63, 3.8) is 0 Å². The van der Waals surface area contributed by atoms with Crippen molar-refractivity contribution >= 4 is 11.9 Å². The van der Waals surface area contributed by atoms with Crippen LogP contribution in [0.15, 0.2) is 49.1 Å². The van der Waals surface area contributed by atoms with Crippen LogP contribution in [0.5, 0.6) is 0 Å². The molecule has 4 fully saturated rings. The highest BCUT2D eigenvalue weighted by atomic mass is 16.4. The third-order valence-electron chi connectivity index (χ3n) is 7.40. The molecule has 0 atom stereocenters. The summed E-state index contributed by atoms with van der Waals surface area (Å²) in [6.45, 7) is 0. The zero-order valence-electron chi connectivity index (χ0n) is 17.7. The number of carboxylic acid groups (broad SMARTS) is 2. The second-order valence-corrected chi connectivity index (χ2v) is 9.70. The summed E-state index contributed by atoms with van der Waals surface area (Å²) in [4.78, 5) is 30.9. The number of carbonyl (C=O) groups is 2. The van der Waals surface area contributed by atoms with E-state index in [-0.39, 0.29) is 0 Å². The van der Waals surface area contributed by atoms with Crippen LogP contribution in [0, 0.1) is 22.7 Å². The zero-order valence-corrected chi connectivity index (χ0v) is 17.7. The Morgan fingerprint density at radius 2 is 1.16 bits per heavy atom. The van der Waals surface area contributed by atoms with E-state index in [0.717, 1.165) is 19.3 Å². The number of rotatable bonds is 6. The molecule has 4 aliphatic rings. The van der Waals surface area contributed by atoms with Crippen molar-refractivity contribution in [2.45, 2.75) is 57.8 Å². The Bertz CT molecular complexity index is 830. The molecule has 31 heavy (non-hydrogen) atoms. The van der Waals surface area contributed by atoms with Gasteiger partial charge >= 0.3 is 11.9 Å². The summed E-state index contributed by atoms with van der Waals surface area (Å²) in [5, 5.41) is 18.8. The number of hydrogen-bond acceptors (Lipinski definition) is 4. The third-order valence-corrected chi connectivity index (χ3v) is 7.40. The van der Waals surface area contributed by atoms with Crippen LogP contribution in [-0.4, -0.2) is 32.1 Å². The van der Waals surface area contributed by atoms with Crippen LogP contribution in [0.1, 0.15) is 56.1 Å². The molecule has 6 rings (SSSR count). The summed E-state index contributed by atoms with van der Waals surface area (Å²) in [7, 11) is 0. The number of aromatic nitrogens is 2. The van der Waals surface area contributed by atoms with E-state index in [1.54, 1.807) is 0 Å². The molecule has 164 valence electrons. The van der Waals surface area contributed by atoms with Gasteiger partial charge in [-0.2, -0.15) is 0 Å². The fourth-order valence-corrected chi connectivity index (χ4v) is 6.36. The summed E-state index contributed by atoms with van der Waals surface area (Å²) in [6, 6.07) is 8.30. The summed E-state index contributed by atoms with van der Waals surface area (Å²) in [6.07, 6.45) is 15.0. The maximum absolute atomic E-state index is 11.4. The van der Waals surface area contributed by atoms with Gasteiger partial charge in [0.05, 0.1) is 10.8 Å². The minimum atomic E-state index is -0.771. The van der Waals surface area contributed by atoms with Gasteiger partial charge in [-0.1, -0.05) is 0 Å². The van der Waals surface area contributed by atoms with E-state index in [0.29, 0.717) is 43.9 Å². The van der Waals surface area contributed by atoms with Crippen molar-refractivity contribution in [3.05, 3.63) is 60.2 Å². The Morgan fingerprint density at radius 1 is 0.774 bits per heavy atom. The molecule has 4 bridgehead atoms. The number of aliphatic carboxylic acids is 2. The monoisotopic (exact) mass is 422 g/mol. The standard InChI is InChI=1S/C13H14N2.C12H16O4/c1(2-12-4-8-14-9-5-12)3-13-6-10-15-11-7-13;13-9(14)11-2-7-1-8(4-11)5-12(3-7,6-11)10(15)16/h4-11H,1-3H2;7-8H,1-6H2,(H,13,14)(H,15,16). The lowest BCUT2D eigenvalue weighted by Gasteiger charge is -2.58. The minimum Gasteiger partial charge on any atom is -0.481 e. The van der Waals surface area contributed by atoms with Crippen LogP contribution in [0.2, 0.25) is 0 Å². The predicted molar refractivity (Wildman–Crippen MR) is 115 cm³/mol. The van der Waals surface area contributed by atoms with Crippen molar-refractivity contribution in [1.82, 2.24) is 9.97 Å². The maximum Gasteiger partial charge on any atom is 0.309 e. The molecule has 0 aliphatic heterocycles. The second kappa shape index (κ2) is 8.77. The van der Waals surface area contributed by atoms with Crippen molar-refractivity contribution in [3.8, 4) is 0 Å². The lowest BCUT2D eigenvalue weighted by Crippen LogP contribution is -2.57. The Labute approximate surface area is 182 Å². The molecule has 0 aromatic carbocycles. The smallest absolute Gasteiger partial charge is 0.309 e. The van der Waals surface area contributed by atoms with Gasteiger partial charge in [0.15, 0.2) is 0 Å². The minimum absolute atomic E-state index is 0.327. The molecule has 2 aromatic rings. The first kappa shape index (κ1) is 21.5. The van der Waals surface area contributed by atoms with Crippen LogP contribution in [0.4, 0.5) is 0 Å². The second-order valence-electron chi connectivity index (χ2n) is 9.70. The molecular weight excluding hydrogens is 392 g/mol. The van der Waals surface area contributed by atoms with Gasteiger partial charge < -0.3 is 10.2 Å². The van der Waals surface area contributed by atoms with E-state index in [4.69, 9.17) is 0 Å². The van der Waals surface area contributed by atoms with E-state index in [2.05, 4.69) is 34.2 Å². The highest BCUT2D eigenvalue weighted by molar-refractivity contribution is 5.81. The molecule has 6 nitrogen and oxygen atoms in total. The molecular formula is C25H30N2O4. The van der Waals surface area contributed by atoms with Gasteiger partial charge in [0.1, 0.15) is 0 Å². The van der Waals surface area contributed by atoms with Gasteiger partial charge in [0, 0.05) is 24.8 Å². The SMILES string of the molecule is O=C(O)C12CC3CC(C1)CC(C(=O)O)(C3)C2.c1cc(CCCc2ccncc2)ccn1. The highest BCUT2D eigenvalue weighted by Gasteiger charge is 2.63. The zero-order chi connectivity index (χ0) is 21.9. The van der Waals surface area contributed by atoms with Gasteiger partial charge in [0.25, 0.3) is 0 Å². The van der Waals surface area contributed by atoms with Crippen LogP contribution < -0.4 is 0 Å². The Kier molecular flexibility index (Phi) is 6.08. The van der Waals surface area contributed by atoms with Gasteiger partial charge in [-0.25, -0.2) is 0 Å². The van der Waals surface area contributed by atoms with E-state index >= 15 is 0 Å². The summed E-state index contributed by atoms with van der Waals surface area (Å²) in [5.41, 5.74) is 1.28. The van der Waals surface area contributed by atoms with Gasteiger partial charge in [-0.3, -0.25) is 19.6 Å². The van der Waals surface area contributed by atoms with Crippen molar-refractivity contribution in [1.29, 1.82) is 0 Å². The summed E-state index contributed by atoms with van der Waals surface area (Å²) >= 11 is 0. The maximum atomic E-state index is 11.4. The molecule has 2 aromatic heterocycles. The Balaban J connectivity index is 0.000000150. The Hall–Kier alpha value is -2.76. The predicted octanol–water partition coefficient (Wildman–Crippen LogP) is 4.39. The molecule has 2 N–H and O–H groups in total. The average molecular weight is 423 g/mol. The number of carboxylic acids is 2. The first-order chi connectivity index (χ1) is 14.9. The summed E-state index contributed by atoms with van der Waals surface area (Å²) in [5.74, 6) is -0.888. The number of nitrogens with zero attached hydrogens (tertiary/aromatic N) is 2. The van der Waals surface area contributed by atoms with E-state index in [1.807, 2.05) is 24.8 Å². The van der Waals surface area contributed by atoms with E-state index in [9.17, 15) is 19.8 Å². The first-order valence-electron chi connectivity index (χ1n) is 11.2. The molecule has 0 unspecified atom stereocenters. The van der Waals surface area contributed by atoms with Crippen LogP contribution in [0.3, 0.4) is 0 Å². The van der Waals surface area contributed by atoms with Crippen LogP contribution >= 0.6 is 0 Å². The number of aryl methyl sites for hydroxylation is 2. The van der Waals surface area contributed by atoms with Crippen molar-refractivity contribution in [2.24, 2.45) is 22.7 Å². The quantitative estimate of drug-likeness (QED) is 0.716. The van der Waals surface area contributed by atoms with Gasteiger partial charge in [-0.15, -0.1) is 0 Å². The van der Waals surface area contributed by atoms with E-state index in [1.165, 1.54) is 17.5 Å². The fourth-order valence-electron chi connectivity index (χ4n) is 6.36. The lowest BCUT2D eigenvalue weighted by molar-refractivity contribution is -0.187. The third kappa shape index (κ3) is 4.63. The van der Waals surface area contributed by atoms with E-state index < -0.39 is 22.8 Å². The molecule has 0 spiro atoms. The number of pyridine rings is 2. The fraction of sp³-hybridized carbons (Fsp3) is 0.520. The molecule has 0 amide bonds. The van der Waals surface area contributed by atoms with Crippen molar-refractivity contribution < 1.29 is 19.8 Å². The molecule has 4 aliphatic carbocycles. The molecule has 0 saturated heterocycles. The number of hydrogen-bond donors (Lipinski definition) is 2. The first-order valence-corrected chi connectivity index (χ1v) is 11.2. The summed E-state index contributed by atoms with van der Waals surface area (Å²) < 4.78 is 0. The lowest BCUT2D eigenvalue weighted by atomic mass is 9.44. The topological polar surface area (TPSA) is 100 Å². The molecule has 2 heterocycles.